The first kappa shape index (κ1) is 15.7. The molecule has 0 aromatic heterocycles. The highest BCUT2D eigenvalue weighted by molar-refractivity contribution is 5.68. The van der Waals surface area contributed by atoms with Crippen LogP contribution in [0.25, 0.3) is 0 Å². The molecule has 1 rings (SSSR count). The van der Waals surface area contributed by atoms with E-state index in [2.05, 4.69) is 0 Å². The van der Waals surface area contributed by atoms with Gasteiger partial charge in [-0.1, -0.05) is 0 Å². The summed E-state index contributed by atoms with van der Waals surface area (Å²) in [4.78, 5) is 21.7. The van der Waals surface area contributed by atoms with Crippen LogP contribution >= 0.6 is 0 Å². The van der Waals surface area contributed by atoms with Gasteiger partial charge in [0.15, 0.2) is 0 Å². The van der Waals surface area contributed by atoms with Gasteiger partial charge in [-0.25, -0.2) is 4.79 Å². The van der Waals surface area contributed by atoms with Crippen LogP contribution in [0.5, 0.6) is 0 Å². The average Bonchev–Trinajstić information content (AvgIpc) is 2.43. The molecule has 0 spiro atoms. The number of carbonyl (C=O) groups is 2. The van der Waals surface area contributed by atoms with E-state index in [0.29, 0.717) is 13.2 Å². The lowest BCUT2D eigenvalue weighted by Crippen LogP contribution is -2.38. The first-order chi connectivity index (χ1) is 7.90. The summed E-state index contributed by atoms with van der Waals surface area (Å²) in [5.74, 6) is 0. The molecule has 6 nitrogen and oxygen atoms in total. The molecule has 0 aliphatic carbocycles. The Morgan fingerprint density at radius 2 is 1.94 bits per heavy atom. The van der Waals surface area contributed by atoms with Crippen LogP contribution in [0.1, 0.15) is 27.2 Å². The van der Waals surface area contributed by atoms with Crippen LogP contribution in [0.2, 0.25) is 0 Å². The zero-order valence-corrected chi connectivity index (χ0v) is 10.6. The molecule has 0 bridgehead atoms. The molecule has 0 atom stereocenters. The van der Waals surface area contributed by atoms with Crippen molar-refractivity contribution in [2.75, 3.05) is 26.3 Å². The van der Waals surface area contributed by atoms with E-state index in [0.717, 1.165) is 19.6 Å². The van der Waals surface area contributed by atoms with Crippen LogP contribution in [-0.4, -0.2) is 54.5 Å². The molecule has 6 heteroatoms. The second-order valence-electron chi connectivity index (χ2n) is 4.54. The molecule has 1 N–H and O–H groups in total. The zero-order chi connectivity index (χ0) is 13.3. The van der Waals surface area contributed by atoms with Crippen molar-refractivity contribution in [3.63, 3.8) is 0 Å². The summed E-state index contributed by atoms with van der Waals surface area (Å²) in [6.07, 6.45) is 0.655. The largest absolute Gasteiger partial charge is 0.483 e. The van der Waals surface area contributed by atoms with Crippen LogP contribution in [0, 0.1) is 0 Å². The molecule has 0 aromatic carbocycles. The van der Waals surface area contributed by atoms with E-state index in [9.17, 15) is 4.79 Å². The Morgan fingerprint density at radius 3 is 2.47 bits per heavy atom. The minimum Gasteiger partial charge on any atom is -0.483 e. The summed E-state index contributed by atoms with van der Waals surface area (Å²) in [5.41, 5.74) is -0.412. The molecule has 1 amide bonds. The Morgan fingerprint density at radius 1 is 1.35 bits per heavy atom. The van der Waals surface area contributed by atoms with Crippen molar-refractivity contribution >= 4 is 12.6 Å². The van der Waals surface area contributed by atoms with Gasteiger partial charge < -0.3 is 19.5 Å². The number of ether oxygens (including phenoxy) is 2. The first-order valence-corrected chi connectivity index (χ1v) is 5.54. The van der Waals surface area contributed by atoms with Gasteiger partial charge in [0.2, 0.25) is 0 Å². The summed E-state index contributed by atoms with van der Waals surface area (Å²) >= 11 is 0. The maximum atomic E-state index is 11.6. The van der Waals surface area contributed by atoms with E-state index < -0.39 is 5.60 Å². The molecule has 0 unspecified atom stereocenters. The van der Waals surface area contributed by atoms with Gasteiger partial charge in [-0.2, -0.15) is 0 Å². The number of carbonyl (C=O) groups excluding carboxylic acids is 1. The highest BCUT2D eigenvalue weighted by atomic mass is 16.6. The lowest BCUT2D eigenvalue weighted by molar-refractivity contribution is -0.122. The second-order valence-corrected chi connectivity index (χ2v) is 4.54. The third-order valence-electron chi connectivity index (χ3n) is 1.87. The average molecular weight is 247 g/mol. The SMILES string of the molecule is CC(C)(C)OC(=O)N1CCCOCC1.O=CO. The molecule has 100 valence electrons. The van der Waals surface area contributed by atoms with Crippen molar-refractivity contribution in [1.82, 2.24) is 4.90 Å². The predicted octanol–water partition coefficient (Wildman–Crippen LogP) is 1.34. The Bertz CT molecular complexity index is 229. The number of carboxylic acid groups (broad SMARTS) is 1. The molecule has 1 fully saturated rings. The fourth-order valence-electron chi connectivity index (χ4n) is 1.26. The third kappa shape index (κ3) is 8.50. The smallest absolute Gasteiger partial charge is 0.410 e. The number of hydrogen-bond acceptors (Lipinski definition) is 4. The fraction of sp³-hybridized carbons (Fsp3) is 0.818. The van der Waals surface area contributed by atoms with Crippen LogP contribution < -0.4 is 0 Å². The summed E-state index contributed by atoms with van der Waals surface area (Å²) in [7, 11) is 0. The minimum absolute atomic E-state index is 0.233. The van der Waals surface area contributed by atoms with Crippen LogP contribution in [0.3, 0.4) is 0 Å². The van der Waals surface area contributed by atoms with Gasteiger partial charge in [0, 0.05) is 19.7 Å². The molecule has 17 heavy (non-hydrogen) atoms. The van der Waals surface area contributed by atoms with Crippen molar-refractivity contribution in [2.45, 2.75) is 32.8 Å². The fourth-order valence-corrected chi connectivity index (χ4v) is 1.26. The normalized spacial score (nSPS) is 16.3. The van der Waals surface area contributed by atoms with Crippen molar-refractivity contribution < 1.29 is 24.2 Å². The van der Waals surface area contributed by atoms with Crippen molar-refractivity contribution in [2.24, 2.45) is 0 Å². The number of rotatable bonds is 0. The van der Waals surface area contributed by atoms with Crippen molar-refractivity contribution in [3.8, 4) is 0 Å². The standard InChI is InChI=1S/C10H19NO3.CH2O2/c1-10(2,3)14-9(12)11-5-4-7-13-8-6-11;2-1-3/h4-8H2,1-3H3;1H,(H,2,3). The molecule has 1 saturated heterocycles. The van der Waals surface area contributed by atoms with Gasteiger partial charge in [0.05, 0.1) is 6.61 Å². The first-order valence-electron chi connectivity index (χ1n) is 5.54. The van der Waals surface area contributed by atoms with Crippen molar-refractivity contribution in [3.05, 3.63) is 0 Å². The zero-order valence-electron chi connectivity index (χ0n) is 10.6. The predicted molar refractivity (Wildman–Crippen MR) is 61.9 cm³/mol. The molecule has 0 saturated carbocycles. The summed E-state index contributed by atoms with van der Waals surface area (Å²) in [5, 5.41) is 6.89. The van der Waals surface area contributed by atoms with Gasteiger partial charge in [0.1, 0.15) is 5.60 Å². The van der Waals surface area contributed by atoms with Gasteiger partial charge in [-0.05, 0) is 27.2 Å². The van der Waals surface area contributed by atoms with Crippen molar-refractivity contribution in [1.29, 1.82) is 0 Å². The van der Waals surface area contributed by atoms with E-state index in [1.165, 1.54) is 0 Å². The molecule has 0 radical (unpaired) electrons. The topological polar surface area (TPSA) is 76.1 Å². The number of amides is 1. The Kier molecular flexibility index (Phi) is 7.29. The van der Waals surface area contributed by atoms with E-state index >= 15 is 0 Å². The third-order valence-corrected chi connectivity index (χ3v) is 1.87. The van der Waals surface area contributed by atoms with Gasteiger partial charge >= 0.3 is 6.09 Å². The van der Waals surface area contributed by atoms with E-state index in [-0.39, 0.29) is 12.6 Å². The number of hydrogen-bond donors (Lipinski definition) is 1. The summed E-state index contributed by atoms with van der Waals surface area (Å²) < 4.78 is 10.5. The van der Waals surface area contributed by atoms with E-state index in [1.807, 2.05) is 20.8 Å². The van der Waals surface area contributed by atoms with Gasteiger partial charge in [0.25, 0.3) is 6.47 Å². The Balaban J connectivity index is 0.000000770. The van der Waals surface area contributed by atoms with Crippen LogP contribution in [-0.2, 0) is 14.3 Å². The minimum atomic E-state index is -0.412. The molecule has 0 aromatic rings. The van der Waals surface area contributed by atoms with Crippen LogP contribution in [0.4, 0.5) is 4.79 Å². The van der Waals surface area contributed by atoms with Gasteiger partial charge in [-0.15, -0.1) is 0 Å². The lowest BCUT2D eigenvalue weighted by Gasteiger charge is -2.25. The molecular formula is C11H21NO5. The maximum Gasteiger partial charge on any atom is 0.410 e. The number of nitrogens with zero attached hydrogens (tertiary/aromatic N) is 1. The van der Waals surface area contributed by atoms with Gasteiger partial charge in [-0.3, -0.25) is 4.79 Å². The highest BCUT2D eigenvalue weighted by Gasteiger charge is 2.22. The lowest BCUT2D eigenvalue weighted by atomic mass is 10.2. The molecule has 1 heterocycles. The summed E-state index contributed by atoms with van der Waals surface area (Å²) in [6.45, 7) is 8.08. The van der Waals surface area contributed by atoms with E-state index in [1.54, 1.807) is 4.90 Å². The second kappa shape index (κ2) is 7.89. The highest BCUT2D eigenvalue weighted by Crippen LogP contribution is 2.11. The molecule has 1 aliphatic rings. The van der Waals surface area contributed by atoms with Crippen LogP contribution in [0.15, 0.2) is 0 Å². The Labute approximate surface area is 101 Å². The Hall–Kier alpha value is -1.30. The summed E-state index contributed by atoms with van der Waals surface area (Å²) in [6, 6.07) is 0. The molecular weight excluding hydrogens is 226 g/mol. The molecule has 1 aliphatic heterocycles. The maximum absolute atomic E-state index is 11.6. The quantitative estimate of drug-likeness (QED) is 0.654. The monoisotopic (exact) mass is 247 g/mol. The van der Waals surface area contributed by atoms with E-state index in [4.69, 9.17) is 19.4 Å².